The number of anilines is 2. The third-order valence-electron chi connectivity index (χ3n) is 8.52. The molecule has 0 aliphatic carbocycles. The van der Waals surface area contributed by atoms with Crippen molar-refractivity contribution in [3.8, 4) is 11.1 Å². The second-order valence-corrected chi connectivity index (χ2v) is 11.3. The van der Waals surface area contributed by atoms with Crippen molar-refractivity contribution in [1.29, 1.82) is 0 Å². The van der Waals surface area contributed by atoms with Crippen molar-refractivity contribution in [3.63, 3.8) is 0 Å². The molecule has 0 radical (unpaired) electrons. The number of pyridine rings is 2. The van der Waals surface area contributed by atoms with Gasteiger partial charge in [0.05, 0.1) is 17.6 Å². The average molecular weight is 653 g/mol. The summed E-state index contributed by atoms with van der Waals surface area (Å²) in [5, 5.41) is 18.3. The molecule has 5 aromatic rings. The predicted molar refractivity (Wildman–Crippen MR) is 163 cm³/mol. The van der Waals surface area contributed by atoms with Crippen molar-refractivity contribution in [1.82, 2.24) is 30.2 Å². The summed E-state index contributed by atoms with van der Waals surface area (Å²) in [6.45, 7) is 2.90. The van der Waals surface area contributed by atoms with Crippen molar-refractivity contribution < 1.29 is 27.1 Å². The van der Waals surface area contributed by atoms with Crippen LogP contribution in [0, 0.1) is 11.6 Å². The fourth-order valence-corrected chi connectivity index (χ4v) is 5.74. The van der Waals surface area contributed by atoms with Gasteiger partial charge in [-0.15, -0.1) is 0 Å². The van der Waals surface area contributed by atoms with Crippen LogP contribution in [0.4, 0.5) is 33.3 Å². The van der Waals surface area contributed by atoms with Gasteiger partial charge in [0, 0.05) is 55.3 Å². The summed E-state index contributed by atoms with van der Waals surface area (Å²) in [6, 6.07) is 15.6. The molecule has 1 aliphatic heterocycles. The molecule has 2 aromatic carbocycles. The Morgan fingerprint density at radius 1 is 0.872 bits per heavy atom. The monoisotopic (exact) mass is 652 g/mol. The van der Waals surface area contributed by atoms with E-state index in [4.69, 9.17) is 0 Å². The SMILES string of the molecule is C[C@](c1ccc(F)cc1F)(n1nn[nH]c1=O)C(F)(F)c1ccc(-c2ccc(N3CCN(c4ccc(C(O)CF)nc4)CC3)cc2)cn1. The first-order chi connectivity index (χ1) is 22.5. The minimum Gasteiger partial charge on any atom is -0.384 e. The summed E-state index contributed by atoms with van der Waals surface area (Å²) >= 11 is 0. The second-order valence-electron chi connectivity index (χ2n) is 11.3. The van der Waals surface area contributed by atoms with Crippen molar-refractivity contribution in [2.45, 2.75) is 24.5 Å². The van der Waals surface area contributed by atoms with Gasteiger partial charge >= 0.3 is 11.6 Å². The molecular weight excluding hydrogens is 623 g/mol. The smallest absolute Gasteiger partial charge is 0.362 e. The first-order valence-electron chi connectivity index (χ1n) is 14.6. The molecule has 3 aromatic heterocycles. The van der Waals surface area contributed by atoms with E-state index in [0.717, 1.165) is 68.2 Å². The average Bonchev–Trinajstić information content (AvgIpc) is 3.54. The lowest BCUT2D eigenvalue weighted by molar-refractivity contribution is -0.104. The van der Waals surface area contributed by atoms with Crippen LogP contribution in [0.25, 0.3) is 11.1 Å². The molecule has 15 heteroatoms. The second kappa shape index (κ2) is 12.5. The van der Waals surface area contributed by atoms with E-state index in [2.05, 4.69) is 30.2 Å². The van der Waals surface area contributed by atoms with Crippen molar-refractivity contribution in [3.05, 3.63) is 118 Å². The molecule has 47 heavy (non-hydrogen) atoms. The number of rotatable bonds is 9. The van der Waals surface area contributed by atoms with Gasteiger partial charge in [-0.05, 0) is 59.3 Å². The van der Waals surface area contributed by atoms with Crippen LogP contribution in [0.5, 0.6) is 0 Å². The van der Waals surface area contributed by atoms with Gasteiger partial charge in [-0.1, -0.05) is 24.3 Å². The Morgan fingerprint density at radius 2 is 1.53 bits per heavy atom. The number of nitrogens with one attached hydrogen (secondary N) is 1. The van der Waals surface area contributed by atoms with E-state index >= 15 is 8.78 Å². The van der Waals surface area contributed by atoms with E-state index in [9.17, 15) is 23.1 Å². The van der Waals surface area contributed by atoms with Crippen LogP contribution >= 0.6 is 0 Å². The van der Waals surface area contributed by atoms with Gasteiger partial charge in [0.15, 0.2) is 5.54 Å². The minimum atomic E-state index is -4.01. The van der Waals surface area contributed by atoms with Crippen molar-refractivity contribution >= 4 is 11.4 Å². The van der Waals surface area contributed by atoms with Gasteiger partial charge in [0.25, 0.3) is 0 Å². The third kappa shape index (κ3) is 5.82. The Kier molecular flexibility index (Phi) is 8.49. The molecule has 0 saturated carbocycles. The zero-order valence-corrected chi connectivity index (χ0v) is 25.0. The highest BCUT2D eigenvalue weighted by Gasteiger charge is 2.58. The summed E-state index contributed by atoms with van der Waals surface area (Å²) < 4.78 is 74.2. The topological polar surface area (TPSA) is 116 Å². The normalized spacial score (nSPS) is 15.8. The highest BCUT2D eigenvalue weighted by Crippen LogP contribution is 2.47. The third-order valence-corrected chi connectivity index (χ3v) is 8.52. The number of H-pyrrole nitrogens is 1. The highest BCUT2D eigenvalue weighted by atomic mass is 19.3. The van der Waals surface area contributed by atoms with Crippen molar-refractivity contribution in [2.24, 2.45) is 0 Å². The predicted octanol–water partition coefficient (Wildman–Crippen LogP) is 4.59. The lowest BCUT2D eigenvalue weighted by Gasteiger charge is -2.37. The number of hydrogen-bond acceptors (Lipinski definition) is 8. The summed E-state index contributed by atoms with van der Waals surface area (Å²) in [5.41, 5.74) is -1.91. The van der Waals surface area contributed by atoms with E-state index in [1.165, 1.54) is 12.3 Å². The van der Waals surface area contributed by atoms with E-state index in [0.29, 0.717) is 16.3 Å². The van der Waals surface area contributed by atoms with Crippen LogP contribution in [-0.2, 0) is 11.5 Å². The number of aliphatic hydroxyl groups is 1. The maximum Gasteiger partial charge on any atom is 0.362 e. The summed E-state index contributed by atoms with van der Waals surface area (Å²) in [5.74, 6) is -6.27. The molecule has 1 unspecified atom stereocenters. The number of nitrogens with zero attached hydrogens (tertiary/aromatic N) is 7. The summed E-state index contributed by atoms with van der Waals surface area (Å²) in [4.78, 5) is 24.9. The van der Waals surface area contributed by atoms with Gasteiger partial charge in [0.1, 0.15) is 30.1 Å². The Hall–Kier alpha value is -5.18. The molecule has 2 atom stereocenters. The number of hydrogen-bond donors (Lipinski definition) is 2. The lowest BCUT2D eigenvalue weighted by atomic mass is 9.83. The Labute approximate surface area is 265 Å². The first-order valence-corrected chi connectivity index (χ1v) is 14.6. The molecule has 1 aliphatic rings. The first kappa shape index (κ1) is 31.8. The summed E-state index contributed by atoms with van der Waals surface area (Å²) in [6.07, 6.45) is 1.66. The lowest BCUT2D eigenvalue weighted by Crippen LogP contribution is -2.52. The number of alkyl halides is 3. The maximum absolute atomic E-state index is 16.3. The highest BCUT2D eigenvalue weighted by molar-refractivity contribution is 5.66. The Morgan fingerprint density at radius 3 is 2.09 bits per heavy atom. The van der Waals surface area contributed by atoms with Gasteiger partial charge in [0.2, 0.25) is 0 Å². The molecule has 0 bridgehead atoms. The van der Waals surface area contributed by atoms with Crippen LogP contribution in [0.3, 0.4) is 0 Å². The number of piperazine rings is 1. The van der Waals surface area contributed by atoms with Crippen LogP contribution in [0.2, 0.25) is 0 Å². The molecule has 2 N–H and O–H groups in total. The number of aromatic amines is 1. The minimum absolute atomic E-state index is 0.288. The largest absolute Gasteiger partial charge is 0.384 e. The van der Waals surface area contributed by atoms with E-state index in [-0.39, 0.29) is 5.69 Å². The Bertz CT molecular complexity index is 1890. The van der Waals surface area contributed by atoms with E-state index in [1.807, 2.05) is 35.4 Å². The Balaban J connectivity index is 1.18. The zero-order chi connectivity index (χ0) is 33.3. The molecule has 244 valence electrons. The zero-order valence-electron chi connectivity index (χ0n) is 25.0. The number of benzene rings is 2. The molecule has 1 saturated heterocycles. The van der Waals surface area contributed by atoms with Gasteiger partial charge in [-0.25, -0.2) is 23.1 Å². The molecule has 4 heterocycles. The molecule has 1 fully saturated rings. The molecule has 0 amide bonds. The maximum atomic E-state index is 16.3. The van der Waals surface area contributed by atoms with E-state index < -0.39 is 52.8 Å². The fraction of sp³-hybridized carbons (Fsp3) is 0.281. The van der Waals surface area contributed by atoms with Crippen LogP contribution < -0.4 is 15.5 Å². The summed E-state index contributed by atoms with van der Waals surface area (Å²) in [7, 11) is 0. The molecule has 0 spiro atoms. The van der Waals surface area contributed by atoms with Crippen LogP contribution in [-0.4, -0.2) is 68.1 Å². The number of aliphatic hydroxyl groups excluding tert-OH is 1. The van der Waals surface area contributed by atoms with Gasteiger partial charge < -0.3 is 14.9 Å². The molecular formula is C32H29F5N8O2. The van der Waals surface area contributed by atoms with Gasteiger partial charge in [-0.3, -0.25) is 9.97 Å². The van der Waals surface area contributed by atoms with Crippen molar-refractivity contribution in [2.75, 3.05) is 42.7 Å². The van der Waals surface area contributed by atoms with E-state index in [1.54, 1.807) is 12.3 Å². The quantitative estimate of drug-likeness (QED) is 0.223. The number of halogens is 5. The van der Waals surface area contributed by atoms with Crippen LogP contribution in [0.1, 0.15) is 30.0 Å². The molecule has 6 rings (SSSR count). The van der Waals surface area contributed by atoms with Gasteiger partial charge in [-0.2, -0.15) is 13.5 Å². The molecule has 10 nitrogen and oxygen atoms in total. The number of tetrazole rings is 1. The fourth-order valence-electron chi connectivity index (χ4n) is 5.74. The van der Waals surface area contributed by atoms with Crippen LogP contribution in [0.15, 0.2) is 83.9 Å². The number of aromatic nitrogens is 6. The standard InChI is InChI=1S/C32H29F5N8O2/c1-31(45-30(47)40-41-42-45,25-9-5-22(34)16-26(25)35)32(36,37)29-11-4-21(18-39-29)20-2-6-23(7-3-20)43-12-14-44(15-13-43)24-8-10-27(38-19-24)28(46)17-33/h2-11,16,18-19,28,46H,12-15,17H2,1H3,(H,40,42,47)/t28?,31-/m1/s1.